The number of aryl methyl sites for hydroxylation is 1. The van der Waals surface area contributed by atoms with Crippen LogP contribution in [0.5, 0.6) is 28.7 Å². The molecule has 27 heteroatoms. The number of carbonyl (C=O) groups excluding carboxylic acids is 5. The Bertz CT molecular complexity index is 3650. The van der Waals surface area contributed by atoms with Crippen LogP contribution in [0.3, 0.4) is 0 Å². The number of azo groups is 2. The van der Waals surface area contributed by atoms with Crippen LogP contribution in [0.25, 0.3) is 0 Å². The van der Waals surface area contributed by atoms with Gasteiger partial charge in [-0.2, -0.15) is 46.8 Å². The number of Topliss-reactive ketones (excluding diaryl/α,β-unsaturated/α-hetero) is 2. The Morgan fingerprint density at radius 3 is 1.48 bits per heavy atom. The summed E-state index contributed by atoms with van der Waals surface area (Å²) < 4.78 is 99.4. The number of amides is 3. The Morgan fingerprint density at radius 2 is 0.963 bits per heavy atom. The Morgan fingerprint density at radius 1 is 0.500 bits per heavy atom. The first kappa shape index (κ1) is 61.3. The van der Waals surface area contributed by atoms with Crippen molar-refractivity contribution in [2.75, 3.05) is 28.0 Å². The van der Waals surface area contributed by atoms with Crippen LogP contribution >= 0.6 is 58.0 Å². The van der Waals surface area contributed by atoms with Crippen molar-refractivity contribution in [1.82, 2.24) is 0 Å². The lowest BCUT2D eigenvalue weighted by Gasteiger charge is -2.16. The molecule has 0 aliphatic heterocycles. The standard InChI is InChI=1S/C55H39Cl5F6N8O8/c1-27-20-42(69-53(79)50(29(3)76)73-71-43-21-30(4-16-38(43)58)51(77)70-46-23-32(55(64,65)66)6-19-48(46)82-36-13-9-34(57)10-14-36)40(60)25-41(27)68-52(78)49(28(2)75)74-72-44-24-37(15-17-39(44)59)80-26-67-45-22-31(54(61,62)63)5-18-47(45)81-35-11-7-33(56)8-12-35/h4-25,49-50,67H,26H2,1-3H3,(H,68,78)(H,69,79)(H,70,77). The van der Waals surface area contributed by atoms with E-state index in [1.165, 1.54) is 85.8 Å². The average Bonchev–Trinajstić information content (AvgIpc) is 3.55. The third-order valence-corrected chi connectivity index (χ3v) is 12.7. The lowest BCUT2D eigenvalue weighted by molar-refractivity contribution is -0.138. The first-order valence-electron chi connectivity index (χ1n) is 23.5. The fraction of sp³-hybridized carbons (Fsp3) is 0.145. The molecule has 0 fully saturated rings. The number of alkyl halides is 6. The molecule has 16 nitrogen and oxygen atoms in total. The van der Waals surface area contributed by atoms with Crippen molar-refractivity contribution < 1.29 is 64.5 Å². The highest BCUT2D eigenvalue weighted by Crippen LogP contribution is 2.40. The molecule has 82 heavy (non-hydrogen) atoms. The molecule has 4 N–H and O–H groups in total. The summed E-state index contributed by atoms with van der Waals surface area (Å²) in [5.74, 6) is -3.95. The highest BCUT2D eigenvalue weighted by molar-refractivity contribution is 6.35. The average molecular weight is 1230 g/mol. The van der Waals surface area contributed by atoms with E-state index in [2.05, 4.69) is 41.7 Å². The minimum Gasteiger partial charge on any atom is -0.473 e. The van der Waals surface area contributed by atoms with Gasteiger partial charge >= 0.3 is 12.4 Å². The SMILES string of the molecule is CC(=O)C(N=Nc1cc(OCNc2cc(C(F)(F)F)ccc2Oc2ccc(Cl)cc2)ccc1Cl)C(=O)Nc1cc(Cl)c(NC(=O)C(N=Nc2cc(C(=O)Nc3cc(C(F)(F)F)ccc3Oc3ccc(Cl)cc3)ccc2Cl)C(C)=O)cc1C. The Kier molecular flexibility index (Phi) is 19.9. The lowest BCUT2D eigenvalue weighted by atomic mass is 10.1. The molecule has 424 valence electrons. The number of anilines is 4. The highest BCUT2D eigenvalue weighted by atomic mass is 35.5. The van der Waals surface area contributed by atoms with Crippen LogP contribution in [-0.4, -0.2) is 48.1 Å². The van der Waals surface area contributed by atoms with E-state index in [1.807, 2.05) is 0 Å². The van der Waals surface area contributed by atoms with Crippen molar-refractivity contribution in [3.63, 3.8) is 0 Å². The maximum Gasteiger partial charge on any atom is 0.416 e. The maximum absolute atomic E-state index is 13.7. The summed E-state index contributed by atoms with van der Waals surface area (Å²) in [5, 5.41) is 26.5. The van der Waals surface area contributed by atoms with E-state index in [0.29, 0.717) is 27.4 Å². The Balaban J connectivity index is 0.994. The van der Waals surface area contributed by atoms with E-state index in [1.54, 1.807) is 12.1 Å². The molecule has 0 spiro atoms. The number of hydrogen-bond donors (Lipinski definition) is 4. The summed E-state index contributed by atoms with van der Waals surface area (Å²) >= 11 is 31.1. The molecule has 7 aromatic rings. The summed E-state index contributed by atoms with van der Waals surface area (Å²) in [6.45, 7) is 3.25. The number of halogens is 11. The number of carbonyl (C=O) groups is 5. The summed E-state index contributed by atoms with van der Waals surface area (Å²) in [4.78, 5) is 66.1. The molecule has 2 atom stereocenters. The number of hydrogen-bond acceptors (Lipinski definition) is 13. The topological polar surface area (TPSA) is 211 Å². The van der Waals surface area contributed by atoms with Gasteiger partial charge in [0.25, 0.3) is 17.7 Å². The molecule has 0 radical (unpaired) electrons. The van der Waals surface area contributed by atoms with Crippen molar-refractivity contribution in [3.8, 4) is 28.7 Å². The van der Waals surface area contributed by atoms with Crippen molar-refractivity contribution >= 4 is 121 Å². The molecule has 3 amide bonds. The Hall–Kier alpha value is -8.28. The fourth-order valence-corrected chi connectivity index (χ4v) is 7.83. The highest BCUT2D eigenvalue weighted by Gasteiger charge is 2.33. The first-order valence-corrected chi connectivity index (χ1v) is 25.4. The van der Waals surface area contributed by atoms with Crippen LogP contribution < -0.4 is 35.5 Å². The van der Waals surface area contributed by atoms with Gasteiger partial charge in [-0.3, -0.25) is 24.0 Å². The van der Waals surface area contributed by atoms with Gasteiger partial charge in [0, 0.05) is 27.4 Å². The molecule has 0 heterocycles. The largest absolute Gasteiger partial charge is 0.473 e. The number of nitrogens with one attached hydrogen (secondary N) is 4. The summed E-state index contributed by atoms with van der Waals surface area (Å²) in [5.41, 5.74) is -2.58. The molecule has 0 saturated heterocycles. The van der Waals surface area contributed by atoms with Crippen molar-refractivity contribution in [2.45, 2.75) is 45.2 Å². The van der Waals surface area contributed by atoms with Crippen molar-refractivity contribution in [1.29, 1.82) is 0 Å². The van der Waals surface area contributed by atoms with E-state index >= 15 is 0 Å². The van der Waals surface area contributed by atoms with Crippen LogP contribution in [0.2, 0.25) is 25.1 Å². The van der Waals surface area contributed by atoms with Gasteiger partial charge in [0.1, 0.15) is 28.6 Å². The van der Waals surface area contributed by atoms with Crippen molar-refractivity contribution in [2.24, 2.45) is 20.5 Å². The molecule has 7 aromatic carbocycles. The van der Waals surface area contributed by atoms with Gasteiger partial charge in [-0.1, -0.05) is 58.0 Å². The van der Waals surface area contributed by atoms with E-state index in [-0.39, 0.29) is 84.5 Å². The molecule has 0 aromatic heterocycles. The molecule has 0 saturated carbocycles. The maximum atomic E-state index is 13.7. The molecular formula is C55H39Cl5F6N8O8. The van der Waals surface area contributed by atoms with Crippen LogP contribution in [0.15, 0.2) is 154 Å². The second kappa shape index (κ2) is 26.5. The van der Waals surface area contributed by atoms with Crippen LogP contribution in [0.4, 0.5) is 60.5 Å². The fourth-order valence-electron chi connectivity index (χ4n) is 7.06. The zero-order valence-corrected chi connectivity index (χ0v) is 46.1. The molecule has 2 unspecified atom stereocenters. The van der Waals surface area contributed by atoms with Gasteiger partial charge in [0.05, 0.1) is 43.3 Å². The summed E-state index contributed by atoms with van der Waals surface area (Å²) in [7, 11) is 0. The second-order valence-corrected chi connectivity index (χ2v) is 19.4. The van der Waals surface area contributed by atoms with Gasteiger partial charge in [-0.15, -0.1) is 0 Å². The molecule has 0 aliphatic rings. The summed E-state index contributed by atoms with van der Waals surface area (Å²) in [6, 6.07) is 24.1. The molecule has 0 bridgehead atoms. The third-order valence-electron chi connectivity index (χ3n) is 11.2. The van der Waals surface area contributed by atoms with E-state index < -0.39 is 64.9 Å². The lowest BCUT2D eigenvalue weighted by Crippen LogP contribution is -2.32. The predicted molar refractivity (Wildman–Crippen MR) is 297 cm³/mol. The Labute approximate surface area is 486 Å². The number of rotatable bonds is 20. The third kappa shape index (κ3) is 16.4. The quantitative estimate of drug-likeness (QED) is 0.0247. The molecular weight excluding hydrogens is 1190 g/mol. The number of ether oxygens (including phenoxy) is 3. The van der Waals surface area contributed by atoms with E-state index in [0.717, 1.165) is 50.2 Å². The van der Waals surface area contributed by atoms with Gasteiger partial charge in [0.2, 0.25) is 12.1 Å². The second-order valence-electron chi connectivity index (χ2n) is 17.3. The minimum atomic E-state index is -4.78. The minimum absolute atomic E-state index is 0.0201. The molecule has 7 rings (SSSR count). The van der Waals surface area contributed by atoms with E-state index in [4.69, 9.17) is 72.2 Å². The molecule has 0 aliphatic carbocycles. The normalized spacial score (nSPS) is 12.4. The summed E-state index contributed by atoms with van der Waals surface area (Å²) in [6.07, 6.45) is -9.45. The predicted octanol–water partition coefficient (Wildman–Crippen LogP) is 16.9. The van der Waals surface area contributed by atoms with Gasteiger partial charge < -0.3 is 35.5 Å². The zero-order chi connectivity index (χ0) is 59.6. The monoisotopic (exact) mass is 1230 g/mol. The smallest absolute Gasteiger partial charge is 0.416 e. The van der Waals surface area contributed by atoms with Crippen LogP contribution in [0, 0.1) is 6.92 Å². The van der Waals surface area contributed by atoms with Crippen LogP contribution in [-0.2, 0) is 31.5 Å². The van der Waals surface area contributed by atoms with Gasteiger partial charge in [0.15, 0.2) is 29.8 Å². The van der Waals surface area contributed by atoms with Gasteiger partial charge in [-0.25, -0.2) is 0 Å². The van der Waals surface area contributed by atoms with Gasteiger partial charge in [-0.05, 0) is 154 Å². The number of benzene rings is 7. The number of nitrogens with zero attached hydrogens (tertiary/aromatic N) is 4. The van der Waals surface area contributed by atoms with Crippen LogP contribution in [0.1, 0.15) is 40.9 Å². The van der Waals surface area contributed by atoms with Crippen molar-refractivity contribution in [3.05, 3.63) is 181 Å². The first-order chi connectivity index (χ1) is 38.7. The zero-order valence-electron chi connectivity index (χ0n) is 42.3. The van der Waals surface area contributed by atoms with E-state index in [9.17, 15) is 50.3 Å². The number of ketones is 2.